The molecule has 5 nitrogen and oxygen atoms in total. The number of hydrogen-bond donors (Lipinski definition) is 2. The number of H-pyrrole nitrogens is 1. The van der Waals surface area contributed by atoms with Crippen LogP contribution in [0.1, 0.15) is 25.7 Å². The molecule has 0 radical (unpaired) electrons. The van der Waals surface area contributed by atoms with Gasteiger partial charge in [-0.25, -0.2) is 0 Å². The second-order valence-corrected chi connectivity index (χ2v) is 6.02. The van der Waals surface area contributed by atoms with Crippen molar-refractivity contribution in [1.82, 2.24) is 4.98 Å². The summed E-state index contributed by atoms with van der Waals surface area (Å²) in [6.07, 6.45) is 7.19. The Morgan fingerprint density at radius 1 is 1.47 bits per heavy atom. The molecule has 2 bridgehead atoms. The van der Waals surface area contributed by atoms with Gasteiger partial charge in [0.2, 0.25) is 11.3 Å². The minimum Gasteiger partial charge on any atom is -0.375 e. The number of fused-ring (bicyclic) bond motifs is 2. The van der Waals surface area contributed by atoms with Crippen molar-refractivity contribution >= 4 is 27.5 Å². The van der Waals surface area contributed by atoms with Gasteiger partial charge in [0.1, 0.15) is 5.69 Å². The fourth-order valence-electron chi connectivity index (χ4n) is 2.95. The predicted octanol–water partition coefficient (Wildman–Crippen LogP) is 2.03. The van der Waals surface area contributed by atoms with Crippen LogP contribution in [0.3, 0.4) is 0 Å². The number of aromatic amines is 1. The molecule has 3 unspecified atom stereocenters. The fourth-order valence-corrected chi connectivity index (χ4v) is 3.29. The van der Waals surface area contributed by atoms with Gasteiger partial charge in [-0.3, -0.25) is 9.59 Å². The van der Waals surface area contributed by atoms with E-state index < -0.39 is 0 Å². The van der Waals surface area contributed by atoms with Crippen LogP contribution < -0.4 is 10.7 Å². The molecule has 1 aromatic rings. The number of carbonyl (C=O) groups excluding carboxylic acids is 1. The summed E-state index contributed by atoms with van der Waals surface area (Å²) in [5.74, 6) is 0.176. The van der Waals surface area contributed by atoms with Crippen LogP contribution in [0.25, 0.3) is 0 Å². The summed E-state index contributed by atoms with van der Waals surface area (Å²) in [7, 11) is 0. The third-order valence-corrected chi connectivity index (χ3v) is 4.44. The van der Waals surface area contributed by atoms with Crippen molar-refractivity contribution in [2.45, 2.75) is 37.9 Å². The van der Waals surface area contributed by atoms with Gasteiger partial charge in [-0.05, 0) is 41.1 Å². The molecule has 2 aliphatic heterocycles. The first-order valence-electron chi connectivity index (χ1n) is 6.45. The minimum atomic E-state index is -0.212. The largest absolute Gasteiger partial charge is 0.375 e. The summed E-state index contributed by atoms with van der Waals surface area (Å²) < 4.78 is 6.13. The molecular formula is C13H15BrN2O3. The molecule has 1 amide bonds. The van der Waals surface area contributed by atoms with Crippen molar-refractivity contribution in [1.29, 1.82) is 0 Å². The monoisotopic (exact) mass is 326 g/mol. The number of amides is 1. The molecular weight excluding hydrogens is 312 g/mol. The van der Waals surface area contributed by atoms with Gasteiger partial charge in [0.05, 0.1) is 16.7 Å². The van der Waals surface area contributed by atoms with E-state index in [1.54, 1.807) is 6.20 Å². The maximum Gasteiger partial charge on any atom is 0.224 e. The standard InChI is InChI=1S/C13H15BrN2O3/c14-9-5-15-6-10(13(9)18)16-12(17)4-7-3-8-1-2-11(7)19-8/h5-8,11H,1-4H2,(H,15,18)(H,16,17). The summed E-state index contributed by atoms with van der Waals surface area (Å²) in [6.45, 7) is 0. The molecule has 2 fully saturated rings. The number of hydrogen-bond acceptors (Lipinski definition) is 3. The zero-order chi connectivity index (χ0) is 13.4. The number of nitrogens with one attached hydrogen (secondary N) is 2. The van der Waals surface area contributed by atoms with Crippen molar-refractivity contribution in [3.63, 3.8) is 0 Å². The second kappa shape index (κ2) is 5.09. The molecule has 0 spiro atoms. The average Bonchev–Trinajstić information content (AvgIpc) is 2.97. The molecule has 2 saturated heterocycles. The SMILES string of the molecule is O=C(CC1CC2CCC1O2)Nc1c[nH]cc(Br)c1=O. The Balaban J connectivity index is 1.62. The van der Waals surface area contributed by atoms with Gasteiger partial charge in [-0.15, -0.1) is 0 Å². The van der Waals surface area contributed by atoms with Crippen LogP contribution in [-0.4, -0.2) is 23.1 Å². The normalized spacial score (nSPS) is 28.6. The molecule has 6 heteroatoms. The molecule has 3 atom stereocenters. The van der Waals surface area contributed by atoms with E-state index in [9.17, 15) is 9.59 Å². The van der Waals surface area contributed by atoms with E-state index in [1.165, 1.54) is 6.20 Å². The smallest absolute Gasteiger partial charge is 0.224 e. The van der Waals surface area contributed by atoms with Gasteiger partial charge in [-0.1, -0.05) is 0 Å². The van der Waals surface area contributed by atoms with E-state index in [4.69, 9.17) is 4.74 Å². The first-order valence-corrected chi connectivity index (χ1v) is 7.24. The Bertz CT molecular complexity index is 557. The Morgan fingerprint density at radius 2 is 2.32 bits per heavy atom. The minimum absolute atomic E-state index is 0.121. The molecule has 102 valence electrons. The van der Waals surface area contributed by atoms with E-state index in [1.807, 2.05) is 0 Å². The van der Waals surface area contributed by atoms with Crippen LogP contribution in [0.5, 0.6) is 0 Å². The number of halogens is 1. The summed E-state index contributed by atoms with van der Waals surface area (Å²) in [4.78, 5) is 26.5. The van der Waals surface area contributed by atoms with Gasteiger partial charge in [0, 0.05) is 18.8 Å². The highest BCUT2D eigenvalue weighted by molar-refractivity contribution is 9.10. The Hall–Kier alpha value is -1.14. The molecule has 2 aliphatic rings. The lowest BCUT2D eigenvalue weighted by molar-refractivity contribution is -0.117. The van der Waals surface area contributed by atoms with Gasteiger partial charge in [0.25, 0.3) is 0 Å². The first-order chi connectivity index (χ1) is 9.13. The molecule has 3 heterocycles. The van der Waals surface area contributed by atoms with Crippen LogP contribution in [0.2, 0.25) is 0 Å². The Morgan fingerprint density at radius 3 is 3.00 bits per heavy atom. The Labute approximate surface area is 118 Å². The van der Waals surface area contributed by atoms with Gasteiger partial charge in [0.15, 0.2) is 0 Å². The van der Waals surface area contributed by atoms with Crippen molar-refractivity contribution in [2.75, 3.05) is 5.32 Å². The van der Waals surface area contributed by atoms with E-state index in [-0.39, 0.29) is 23.1 Å². The summed E-state index contributed by atoms with van der Waals surface area (Å²) in [5, 5.41) is 2.67. The third kappa shape index (κ3) is 2.60. The zero-order valence-electron chi connectivity index (χ0n) is 10.3. The second-order valence-electron chi connectivity index (χ2n) is 5.17. The lowest BCUT2D eigenvalue weighted by atomic mass is 9.87. The zero-order valence-corrected chi connectivity index (χ0v) is 11.9. The quantitative estimate of drug-likeness (QED) is 0.892. The summed E-state index contributed by atoms with van der Waals surface area (Å²) in [6, 6.07) is 0. The van der Waals surface area contributed by atoms with E-state index in [0.717, 1.165) is 19.3 Å². The van der Waals surface area contributed by atoms with Crippen LogP contribution in [0.15, 0.2) is 21.7 Å². The van der Waals surface area contributed by atoms with Crippen LogP contribution in [0, 0.1) is 5.92 Å². The van der Waals surface area contributed by atoms with Crippen molar-refractivity contribution in [3.05, 3.63) is 27.1 Å². The summed E-state index contributed by atoms with van der Waals surface area (Å²) in [5.41, 5.74) is 0.0692. The maximum absolute atomic E-state index is 12.0. The van der Waals surface area contributed by atoms with Crippen molar-refractivity contribution in [3.8, 4) is 0 Å². The molecule has 0 aliphatic carbocycles. The third-order valence-electron chi connectivity index (χ3n) is 3.85. The number of aromatic nitrogens is 1. The highest BCUT2D eigenvalue weighted by Gasteiger charge is 2.41. The number of ether oxygens (including phenoxy) is 1. The number of carbonyl (C=O) groups is 1. The highest BCUT2D eigenvalue weighted by atomic mass is 79.9. The van der Waals surface area contributed by atoms with Crippen molar-refractivity contribution in [2.24, 2.45) is 5.92 Å². The van der Waals surface area contributed by atoms with E-state index in [0.29, 0.717) is 22.9 Å². The van der Waals surface area contributed by atoms with Crippen LogP contribution in [0.4, 0.5) is 5.69 Å². The number of pyridine rings is 1. The maximum atomic E-state index is 12.0. The molecule has 1 aromatic heterocycles. The predicted molar refractivity (Wildman–Crippen MR) is 74.0 cm³/mol. The lowest BCUT2D eigenvalue weighted by Crippen LogP contribution is -2.25. The number of rotatable bonds is 3. The average molecular weight is 327 g/mol. The molecule has 2 N–H and O–H groups in total. The van der Waals surface area contributed by atoms with E-state index >= 15 is 0 Å². The lowest BCUT2D eigenvalue weighted by Gasteiger charge is -2.17. The van der Waals surface area contributed by atoms with Gasteiger partial charge >= 0.3 is 0 Å². The first kappa shape index (κ1) is 12.9. The fraction of sp³-hybridized carbons (Fsp3) is 0.538. The van der Waals surface area contributed by atoms with E-state index in [2.05, 4.69) is 26.2 Å². The Kier molecular flexibility index (Phi) is 3.45. The molecule has 0 saturated carbocycles. The molecule has 3 rings (SSSR count). The van der Waals surface area contributed by atoms with Crippen LogP contribution >= 0.6 is 15.9 Å². The number of anilines is 1. The molecule has 0 aromatic carbocycles. The van der Waals surface area contributed by atoms with Gasteiger partial charge in [-0.2, -0.15) is 0 Å². The van der Waals surface area contributed by atoms with Crippen LogP contribution in [-0.2, 0) is 9.53 Å². The summed E-state index contributed by atoms with van der Waals surface area (Å²) >= 11 is 3.14. The highest BCUT2D eigenvalue weighted by Crippen LogP contribution is 2.40. The molecule has 19 heavy (non-hydrogen) atoms. The van der Waals surface area contributed by atoms with Gasteiger partial charge < -0.3 is 15.0 Å². The topological polar surface area (TPSA) is 71.2 Å². The van der Waals surface area contributed by atoms with Crippen molar-refractivity contribution < 1.29 is 9.53 Å².